The number of carbonyl (C=O) groups excluding carboxylic acids is 1. The van der Waals surface area contributed by atoms with Crippen LogP contribution in [0.2, 0.25) is 0 Å². The summed E-state index contributed by atoms with van der Waals surface area (Å²) in [7, 11) is 0. The van der Waals surface area contributed by atoms with E-state index in [0.717, 1.165) is 29.7 Å². The Labute approximate surface area is 123 Å². The van der Waals surface area contributed by atoms with E-state index in [4.69, 9.17) is 9.15 Å². The van der Waals surface area contributed by atoms with Gasteiger partial charge in [-0.1, -0.05) is 0 Å². The van der Waals surface area contributed by atoms with Gasteiger partial charge in [0.15, 0.2) is 0 Å². The number of amides is 1. The molecule has 5 nitrogen and oxygen atoms in total. The number of carbonyl (C=O) groups is 1. The summed E-state index contributed by atoms with van der Waals surface area (Å²) in [6, 6.07) is 5.71. The minimum atomic E-state index is 0.0694. The summed E-state index contributed by atoms with van der Waals surface area (Å²) in [6.45, 7) is 1.83. The predicted molar refractivity (Wildman–Crippen MR) is 77.3 cm³/mol. The maximum absolute atomic E-state index is 12.1. The number of pyridine rings is 1. The molecule has 3 heterocycles. The number of hydrogen-bond acceptors (Lipinski definition) is 4. The van der Waals surface area contributed by atoms with Gasteiger partial charge in [0.1, 0.15) is 5.76 Å². The number of aromatic nitrogens is 1. The minimum absolute atomic E-state index is 0.0694. The number of rotatable bonds is 4. The highest BCUT2D eigenvalue weighted by Crippen LogP contribution is 2.20. The number of ether oxygens (including phenoxy) is 1. The van der Waals surface area contributed by atoms with Crippen LogP contribution in [0.25, 0.3) is 11.3 Å². The van der Waals surface area contributed by atoms with Gasteiger partial charge in [-0.2, -0.15) is 0 Å². The van der Waals surface area contributed by atoms with Crippen LogP contribution in [0.5, 0.6) is 0 Å². The Morgan fingerprint density at radius 2 is 2.19 bits per heavy atom. The van der Waals surface area contributed by atoms with Crippen LogP contribution in [-0.2, 0) is 16.1 Å². The lowest BCUT2D eigenvalue weighted by molar-refractivity contribution is -0.128. The molecular formula is C16H18N2O3. The summed E-state index contributed by atoms with van der Waals surface area (Å²) in [5.41, 5.74) is 1.88. The number of furan rings is 1. The van der Waals surface area contributed by atoms with Gasteiger partial charge in [-0.25, -0.2) is 0 Å². The largest absolute Gasteiger partial charge is 0.464 e. The van der Waals surface area contributed by atoms with Crippen molar-refractivity contribution in [2.75, 3.05) is 13.2 Å². The highest BCUT2D eigenvalue weighted by molar-refractivity contribution is 5.78. The molecule has 5 heteroatoms. The zero-order chi connectivity index (χ0) is 14.5. The molecule has 0 spiro atoms. The maximum atomic E-state index is 12.1. The zero-order valence-corrected chi connectivity index (χ0v) is 11.7. The van der Waals surface area contributed by atoms with Crippen molar-refractivity contribution in [1.29, 1.82) is 0 Å². The van der Waals surface area contributed by atoms with Crippen LogP contribution in [0.4, 0.5) is 0 Å². The fourth-order valence-corrected chi connectivity index (χ4v) is 2.46. The first-order chi connectivity index (χ1) is 10.3. The molecule has 110 valence electrons. The van der Waals surface area contributed by atoms with Gasteiger partial charge in [-0.05, 0) is 36.6 Å². The molecule has 2 aromatic rings. The zero-order valence-electron chi connectivity index (χ0n) is 11.7. The third kappa shape index (κ3) is 3.49. The summed E-state index contributed by atoms with van der Waals surface area (Å²) < 4.78 is 10.6. The first-order valence-corrected chi connectivity index (χ1v) is 7.16. The molecule has 0 saturated carbocycles. The van der Waals surface area contributed by atoms with E-state index >= 15 is 0 Å². The van der Waals surface area contributed by atoms with Gasteiger partial charge in [0, 0.05) is 43.6 Å². The Balaban J connectivity index is 1.60. The standard InChI is InChI=1S/C16H18N2O3/c19-16(13-3-6-20-7-4-13)18-10-12-8-14(11-17-9-12)15-2-1-5-21-15/h1-2,5,8-9,11,13H,3-4,6-7,10H2,(H,18,19). The summed E-state index contributed by atoms with van der Waals surface area (Å²) in [5, 5.41) is 2.98. The maximum Gasteiger partial charge on any atom is 0.223 e. The first kappa shape index (κ1) is 13.8. The highest BCUT2D eigenvalue weighted by atomic mass is 16.5. The Hall–Kier alpha value is -2.14. The monoisotopic (exact) mass is 286 g/mol. The highest BCUT2D eigenvalue weighted by Gasteiger charge is 2.21. The van der Waals surface area contributed by atoms with Crippen molar-refractivity contribution in [3.05, 3.63) is 42.4 Å². The fourth-order valence-electron chi connectivity index (χ4n) is 2.46. The third-order valence-corrected chi connectivity index (χ3v) is 3.66. The van der Waals surface area contributed by atoms with Crippen LogP contribution in [0.3, 0.4) is 0 Å². The van der Waals surface area contributed by atoms with Crippen LogP contribution >= 0.6 is 0 Å². The normalized spacial score (nSPS) is 15.8. The van der Waals surface area contributed by atoms with E-state index in [1.807, 2.05) is 18.2 Å². The number of nitrogens with zero attached hydrogens (tertiary/aromatic N) is 1. The van der Waals surface area contributed by atoms with Crippen molar-refractivity contribution in [2.24, 2.45) is 5.92 Å². The van der Waals surface area contributed by atoms with Gasteiger partial charge in [-0.15, -0.1) is 0 Å². The smallest absolute Gasteiger partial charge is 0.223 e. The fraction of sp³-hybridized carbons (Fsp3) is 0.375. The van der Waals surface area contributed by atoms with Crippen LogP contribution < -0.4 is 5.32 Å². The summed E-state index contributed by atoms with van der Waals surface area (Å²) >= 11 is 0. The molecule has 1 saturated heterocycles. The summed E-state index contributed by atoms with van der Waals surface area (Å²) in [6.07, 6.45) is 6.75. The molecule has 0 aromatic carbocycles. The SMILES string of the molecule is O=C(NCc1cncc(-c2ccco2)c1)C1CCOCC1. The molecule has 1 aliphatic rings. The van der Waals surface area contributed by atoms with Crippen LogP contribution in [0.1, 0.15) is 18.4 Å². The summed E-state index contributed by atoms with van der Waals surface area (Å²) in [5.74, 6) is 0.946. The molecule has 0 bridgehead atoms. The second-order valence-corrected chi connectivity index (χ2v) is 5.16. The molecule has 1 amide bonds. The Kier molecular flexibility index (Phi) is 4.31. The lowest BCUT2D eigenvalue weighted by atomic mass is 9.99. The number of hydrogen-bond donors (Lipinski definition) is 1. The second-order valence-electron chi connectivity index (χ2n) is 5.16. The van der Waals surface area contributed by atoms with E-state index in [1.54, 1.807) is 18.7 Å². The van der Waals surface area contributed by atoms with Gasteiger partial charge in [0.2, 0.25) is 5.91 Å². The molecule has 0 atom stereocenters. The molecule has 21 heavy (non-hydrogen) atoms. The molecule has 3 rings (SSSR count). The minimum Gasteiger partial charge on any atom is -0.464 e. The van der Waals surface area contributed by atoms with Crippen molar-refractivity contribution >= 4 is 5.91 Å². The van der Waals surface area contributed by atoms with Crippen LogP contribution in [-0.4, -0.2) is 24.1 Å². The van der Waals surface area contributed by atoms with E-state index in [9.17, 15) is 4.79 Å². The molecule has 0 unspecified atom stereocenters. The van der Waals surface area contributed by atoms with E-state index < -0.39 is 0 Å². The third-order valence-electron chi connectivity index (χ3n) is 3.66. The average Bonchev–Trinajstić information content (AvgIpc) is 3.08. The van der Waals surface area contributed by atoms with Gasteiger partial charge in [-0.3, -0.25) is 9.78 Å². The Bertz CT molecular complexity index is 589. The van der Waals surface area contributed by atoms with E-state index in [0.29, 0.717) is 19.8 Å². The van der Waals surface area contributed by atoms with Crippen molar-refractivity contribution < 1.29 is 13.9 Å². The number of nitrogens with one attached hydrogen (secondary N) is 1. The van der Waals surface area contributed by atoms with Crippen molar-refractivity contribution in [3.63, 3.8) is 0 Å². The average molecular weight is 286 g/mol. The molecule has 2 aromatic heterocycles. The molecule has 1 aliphatic heterocycles. The van der Waals surface area contributed by atoms with Gasteiger partial charge in [0.05, 0.1) is 6.26 Å². The quantitative estimate of drug-likeness (QED) is 0.937. The summed E-state index contributed by atoms with van der Waals surface area (Å²) in [4.78, 5) is 16.3. The lowest BCUT2D eigenvalue weighted by Gasteiger charge is -2.21. The molecular weight excluding hydrogens is 268 g/mol. The van der Waals surface area contributed by atoms with Crippen molar-refractivity contribution in [3.8, 4) is 11.3 Å². The Morgan fingerprint density at radius 1 is 1.33 bits per heavy atom. The first-order valence-electron chi connectivity index (χ1n) is 7.16. The van der Waals surface area contributed by atoms with Crippen LogP contribution in [0.15, 0.2) is 41.3 Å². The topological polar surface area (TPSA) is 64.4 Å². The van der Waals surface area contributed by atoms with E-state index in [1.165, 1.54) is 0 Å². The van der Waals surface area contributed by atoms with Gasteiger partial charge < -0.3 is 14.5 Å². The van der Waals surface area contributed by atoms with E-state index in [2.05, 4.69) is 10.3 Å². The molecule has 0 aliphatic carbocycles. The van der Waals surface area contributed by atoms with Crippen molar-refractivity contribution in [2.45, 2.75) is 19.4 Å². The van der Waals surface area contributed by atoms with Crippen molar-refractivity contribution in [1.82, 2.24) is 10.3 Å². The molecule has 1 N–H and O–H groups in total. The van der Waals surface area contributed by atoms with Gasteiger partial charge in [0.25, 0.3) is 0 Å². The van der Waals surface area contributed by atoms with E-state index in [-0.39, 0.29) is 11.8 Å². The Morgan fingerprint density at radius 3 is 2.95 bits per heavy atom. The van der Waals surface area contributed by atoms with Gasteiger partial charge >= 0.3 is 0 Å². The molecule has 0 radical (unpaired) electrons. The predicted octanol–water partition coefficient (Wildman–Crippen LogP) is 2.38. The second kappa shape index (κ2) is 6.54. The van der Waals surface area contributed by atoms with Crippen LogP contribution in [0, 0.1) is 5.92 Å². The lowest BCUT2D eigenvalue weighted by Crippen LogP contribution is -2.33. The molecule has 1 fully saturated rings.